The zero-order chi connectivity index (χ0) is 30.4. The molecule has 8 nitrogen and oxygen atoms in total. The SMILES string of the molecule is COc1ccc(NS(=O)(=O)c2ccc(Cl)c(NC(=S)N=P(N3CCCCCC3)(N3CCCCCC3)C(C)(C)C)c2)cc1. The van der Waals surface area contributed by atoms with Gasteiger partial charge in [-0.25, -0.2) is 13.2 Å². The van der Waals surface area contributed by atoms with E-state index in [0.717, 1.165) is 51.9 Å². The van der Waals surface area contributed by atoms with Gasteiger partial charge in [-0.3, -0.25) is 14.1 Å². The molecule has 0 saturated carbocycles. The minimum atomic E-state index is -3.88. The van der Waals surface area contributed by atoms with Gasteiger partial charge in [-0.15, -0.1) is 0 Å². The fraction of sp³-hybridized carbons (Fsp3) is 0.567. The molecule has 2 fully saturated rings. The Labute approximate surface area is 262 Å². The first-order valence-corrected chi connectivity index (χ1v) is 18.8. The molecule has 42 heavy (non-hydrogen) atoms. The van der Waals surface area contributed by atoms with Gasteiger partial charge in [0, 0.05) is 37.0 Å². The van der Waals surface area contributed by atoms with Crippen LogP contribution in [0.5, 0.6) is 5.75 Å². The molecule has 232 valence electrons. The first kappa shape index (κ1) is 33.2. The van der Waals surface area contributed by atoms with E-state index in [4.69, 9.17) is 33.3 Å². The molecule has 0 amide bonds. The van der Waals surface area contributed by atoms with Crippen molar-refractivity contribution in [2.24, 2.45) is 4.74 Å². The number of rotatable bonds is 7. The quantitative estimate of drug-likeness (QED) is 0.229. The fourth-order valence-electron chi connectivity index (χ4n) is 5.88. The lowest BCUT2D eigenvalue weighted by atomic mass is 10.2. The van der Waals surface area contributed by atoms with Crippen LogP contribution >= 0.6 is 31.2 Å². The lowest BCUT2D eigenvalue weighted by Gasteiger charge is -2.50. The zero-order valence-electron chi connectivity index (χ0n) is 25.2. The summed E-state index contributed by atoms with van der Waals surface area (Å²) in [5.74, 6) is 0.641. The van der Waals surface area contributed by atoms with Crippen LogP contribution in [0.15, 0.2) is 52.1 Å². The summed E-state index contributed by atoms with van der Waals surface area (Å²) < 4.78 is 45.1. The maximum Gasteiger partial charge on any atom is 0.261 e. The smallest absolute Gasteiger partial charge is 0.261 e. The summed E-state index contributed by atoms with van der Waals surface area (Å²) in [5.41, 5.74) is 0.849. The van der Waals surface area contributed by atoms with E-state index in [-0.39, 0.29) is 10.1 Å². The van der Waals surface area contributed by atoms with Crippen LogP contribution in [0.3, 0.4) is 0 Å². The molecule has 2 aliphatic heterocycles. The summed E-state index contributed by atoms with van der Waals surface area (Å²) in [7, 11) is -4.61. The average Bonchev–Trinajstić information content (AvgIpc) is 3.39. The Balaban J connectivity index is 1.69. The zero-order valence-corrected chi connectivity index (χ0v) is 28.5. The molecule has 2 aromatic carbocycles. The molecule has 0 bridgehead atoms. The Hall–Kier alpha value is -1.68. The van der Waals surface area contributed by atoms with Crippen molar-refractivity contribution in [2.75, 3.05) is 43.3 Å². The molecule has 4 rings (SSSR count). The molecule has 2 saturated heterocycles. The molecule has 0 unspecified atom stereocenters. The lowest BCUT2D eigenvalue weighted by molar-refractivity contribution is 0.368. The Kier molecular flexibility index (Phi) is 11.4. The molecule has 2 N–H and O–H groups in total. The van der Waals surface area contributed by atoms with Crippen molar-refractivity contribution in [1.29, 1.82) is 0 Å². The van der Waals surface area contributed by atoms with E-state index in [1.54, 1.807) is 37.4 Å². The second kappa shape index (κ2) is 14.4. The van der Waals surface area contributed by atoms with E-state index in [1.807, 2.05) is 0 Å². The number of hydrogen-bond donors (Lipinski definition) is 2. The van der Waals surface area contributed by atoms with E-state index < -0.39 is 17.4 Å². The number of nitrogens with one attached hydrogen (secondary N) is 2. The maximum atomic E-state index is 13.3. The van der Waals surface area contributed by atoms with Crippen molar-refractivity contribution in [3.8, 4) is 5.75 Å². The molecule has 0 aromatic heterocycles. The molecule has 0 aliphatic carbocycles. The maximum absolute atomic E-state index is 13.3. The molecule has 0 spiro atoms. The van der Waals surface area contributed by atoms with E-state index in [9.17, 15) is 8.42 Å². The van der Waals surface area contributed by atoms with E-state index in [2.05, 4.69) is 40.2 Å². The molecule has 2 aliphatic rings. The normalized spacial score (nSPS) is 18.0. The Bertz CT molecular complexity index is 1360. The second-order valence-corrected chi connectivity index (χ2v) is 18.3. The van der Waals surface area contributed by atoms with Crippen molar-refractivity contribution < 1.29 is 13.2 Å². The van der Waals surface area contributed by atoms with Crippen LogP contribution < -0.4 is 14.8 Å². The summed E-state index contributed by atoms with van der Waals surface area (Å²) in [6, 6.07) is 11.3. The van der Waals surface area contributed by atoms with Crippen LogP contribution in [0, 0.1) is 0 Å². The van der Waals surface area contributed by atoms with Gasteiger partial charge in [0.1, 0.15) is 13.1 Å². The van der Waals surface area contributed by atoms with Gasteiger partial charge in [0.15, 0.2) is 5.11 Å². The highest BCUT2D eigenvalue weighted by Gasteiger charge is 2.44. The molecule has 0 radical (unpaired) electrons. The molecular weight excluding hydrogens is 609 g/mol. The van der Waals surface area contributed by atoms with E-state index in [0.29, 0.717) is 27.3 Å². The lowest BCUT2D eigenvalue weighted by Crippen LogP contribution is -2.42. The highest BCUT2D eigenvalue weighted by atomic mass is 35.5. The second-order valence-electron chi connectivity index (χ2n) is 12.0. The Morgan fingerprint density at radius 2 is 1.43 bits per heavy atom. The number of thiocarbonyl (C=S) groups is 1. The monoisotopic (exact) mass is 653 g/mol. The average molecular weight is 654 g/mol. The number of ether oxygens (including phenoxy) is 1. The number of anilines is 2. The molecule has 2 aromatic rings. The van der Waals surface area contributed by atoms with Crippen LogP contribution in [0.4, 0.5) is 11.4 Å². The highest BCUT2D eigenvalue weighted by Crippen LogP contribution is 2.67. The summed E-state index contributed by atoms with van der Waals surface area (Å²) in [5, 5.41) is 3.82. The number of benzene rings is 2. The minimum absolute atomic E-state index is 0.0740. The Morgan fingerprint density at radius 1 is 0.905 bits per heavy atom. The summed E-state index contributed by atoms with van der Waals surface area (Å²) in [6.45, 7) is 11.0. The summed E-state index contributed by atoms with van der Waals surface area (Å²) >= 11 is 12.5. The van der Waals surface area contributed by atoms with Crippen molar-refractivity contribution in [3.63, 3.8) is 0 Å². The minimum Gasteiger partial charge on any atom is -0.497 e. The third-order valence-corrected chi connectivity index (χ3v) is 14.6. The predicted octanol–water partition coefficient (Wildman–Crippen LogP) is 8.43. The number of methoxy groups -OCH3 is 1. The number of nitrogens with zero attached hydrogens (tertiary/aromatic N) is 3. The van der Waals surface area contributed by atoms with Crippen molar-refractivity contribution in [1.82, 2.24) is 9.34 Å². The molecular formula is C30H45ClN5O3PS2. The number of hydrogen-bond acceptors (Lipinski definition) is 4. The van der Waals surface area contributed by atoms with Crippen LogP contribution in [0.25, 0.3) is 0 Å². The van der Waals surface area contributed by atoms with Crippen molar-refractivity contribution >= 4 is 57.7 Å². The number of halogens is 1. The predicted molar refractivity (Wildman–Crippen MR) is 181 cm³/mol. The topological polar surface area (TPSA) is 86.3 Å². The first-order valence-electron chi connectivity index (χ1n) is 14.9. The van der Waals surface area contributed by atoms with E-state index in [1.165, 1.54) is 37.8 Å². The van der Waals surface area contributed by atoms with Crippen LogP contribution in [0.2, 0.25) is 5.02 Å². The highest BCUT2D eigenvalue weighted by molar-refractivity contribution is 7.92. The van der Waals surface area contributed by atoms with Gasteiger partial charge in [0.2, 0.25) is 0 Å². The molecule has 0 atom stereocenters. The van der Waals surface area contributed by atoms with Gasteiger partial charge in [-0.05, 0) is 80.4 Å². The van der Waals surface area contributed by atoms with Gasteiger partial charge in [-0.1, -0.05) is 58.1 Å². The fourth-order valence-corrected chi connectivity index (χ4v) is 12.2. The van der Waals surface area contributed by atoms with Gasteiger partial charge in [0.25, 0.3) is 10.0 Å². The van der Waals surface area contributed by atoms with Crippen molar-refractivity contribution in [2.45, 2.75) is 82.2 Å². The first-order chi connectivity index (χ1) is 20.0. The molecule has 2 heterocycles. The van der Waals surface area contributed by atoms with Gasteiger partial charge >= 0.3 is 0 Å². The standard InChI is InChI=1S/C30H45ClN5O3PS2/c1-30(2,3)40(35-19-9-5-6-10-20-35,36-21-11-7-8-12-22-36)33-29(41)32-28-23-26(17-18-27(28)31)42(37,38)34-24-13-15-25(39-4)16-14-24/h13-18,23,34H,5-12,19-22H2,1-4H3,(H,32,41). The summed E-state index contributed by atoms with van der Waals surface area (Å²) in [6.07, 6.45) is 9.61. The van der Waals surface area contributed by atoms with Gasteiger partial charge < -0.3 is 10.1 Å². The number of sulfonamides is 1. The third kappa shape index (κ3) is 7.88. The largest absolute Gasteiger partial charge is 0.497 e. The van der Waals surface area contributed by atoms with Crippen molar-refractivity contribution in [3.05, 3.63) is 47.5 Å². The third-order valence-electron chi connectivity index (χ3n) is 7.92. The van der Waals surface area contributed by atoms with Gasteiger partial charge in [0.05, 0.1) is 22.7 Å². The van der Waals surface area contributed by atoms with Gasteiger partial charge in [-0.2, -0.15) is 0 Å². The van der Waals surface area contributed by atoms with Crippen LogP contribution in [-0.2, 0) is 10.0 Å². The Morgan fingerprint density at radius 3 is 1.90 bits per heavy atom. The molecule has 12 heteroatoms. The van der Waals surface area contributed by atoms with Crippen LogP contribution in [0.1, 0.15) is 72.1 Å². The van der Waals surface area contributed by atoms with Crippen LogP contribution in [-0.4, -0.2) is 61.3 Å². The summed E-state index contributed by atoms with van der Waals surface area (Å²) in [4.78, 5) is 0.0740. The van der Waals surface area contributed by atoms with E-state index >= 15 is 0 Å².